The molecule has 0 bridgehead atoms. The van der Waals surface area contributed by atoms with Crippen molar-refractivity contribution in [2.75, 3.05) is 11.6 Å². The summed E-state index contributed by atoms with van der Waals surface area (Å²) >= 11 is 0. The van der Waals surface area contributed by atoms with Crippen molar-refractivity contribution in [1.82, 2.24) is 9.97 Å². The second-order valence-corrected chi connectivity index (χ2v) is 8.83. The molecule has 2 aromatic heterocycles. The van der Waals surface area contributed by atoms with E-state index in [1.54, 1.807) is 60.9 Å². The third-order valence-corrected chi connectivity index (χ3v) is 5.63. The molecule has 0 aliphatic carbocycles. The molecule has 0 saturated heterocycles. The zero-order valence-corrected chi connectivity index (χ0v) is 17.3. The van der Waals surface area contributed by atoms with Crippen LogP contribution >= 0.6 is 0 Å². The van der Waals surface area contributed by atoms with Crippen molar-refractivity contribution in [3.8, 4) is 17.9 Å². The molecular formula is C24H16N4O2S. The summed E-state index contributed by atoms with van der Waals surface area (Å²) in [5.41, 5.74) is 2.57. The highest BCUT2D eigenvalue weighted by molar-refractivity contribution is 7.90. The van der Waals surface area contributed by atoms with Crippen LogP contribution in [0.25, 0.3) is 10.8 Å². The topological polar surface area (TPSA) is 95.7 Å². The highest BCUT2D eigenvalue weighted by Crippen LogP contribution is 2.23. The number of aromatic nitrogens is 2. The molecule has 0 amide bonds. The first-order valence-electron chi connectivity index (χ1n) is 9.26. The lowest BCUT2D eigenvalue weighted by Crippen LogP contribution is -1.99. The molecule has 0 aliphatic heterocycles. The van der Waals surface area contributed by atoms with E-state index in [2.05, 4.69) is 33.2 Å². The molecule has 2 aromatic carbocycles. The Bertz CT molecular complexity index is 1490. The molecule has 31 heavy (non-hydrogen) atoms. The number of hydrogen-bond acceptors (Lipinski definition) is 6. The average Bonchev–Trinajstić information content (AvgIpc) is 2.77. The molecule has 0 radical (unpaired) electrons. The van der Waals surface area contributed by atoms with Crippen LogP contribution in [0, 0.1) is 23.2 Å². The number of benzene rings is 2. The number of fused-ring (bicyclic) bond motifs is 1. The van der Waals surface area contributed by atoms with E-state index in [4.69, 9.17) is 5.26 Å². The van der Waals surface area contributed by atoms with Crippen LogP contribution in [0.2, 0.25) is 0 Å². The Balaban J connectivity index is 1.68. The molecular weight excluding hydrogens is 408 g/mol. The molecule has 0 spiro atoms. The van der Waals surface area contributed by atoms with Gasteiger partial charge in [-0.2, -0.15) is 5.26 Å². The van der Waals surface area contributed by atoms with Gasteiger partial charge in [0, 0.05) is 40.7 Å². The average molecular weight is 424 g/mol. The molecule has 0 fully saturated rings. The molecule has 0 unspecified atom stereocenters. The fraction of sp³-hybridized carbons (Fsp3) is 0.0417. The zero-order chi connectivity index (χ0) is 21.8. The van der Waals surface area contributed by atoms with Gasteiger partial charge in [0.15, 0.2) is 9.84 Å². The van der Waals surface area contributed by atoms with E-state index in [1.165, 1.54) is 6.26 Å². The highest BCUT2D eigenvalue weighted by Gasteiger charge is 2.08. The number of hydrogen-bond donors (Lipinski definition) is 1. The van der Waals surface area contributed by atoms with Gasteiger partial charge in [-0.15, -0.1) is 0 Å². The Labute approximate surface area is 180 Å². The van der Waals surface area contributed by atoms with Crippen LogP contribution in [0.3, 0.4) is 0 Å². The third kappa shape index (κ3) is 4.69. The molecule has 1 N–H and O–H groups in total. The smallest absolute Gasteiger partial charge is 0.175 e. The fourth-order valence-electron chi connectivity index (χ4n) is 2.95. The monoisotopic (exact) mass is 424 g/mol. The van der Waals surface area contributed by atoms with Crippen LogP contribution < -0.4 is 5.32 Å². The first-order valence-corrected chi connectivity index (χ1v) is 11.2. The molecule has 4 aromatic rings. The number of nitrogens with zero attached hydrogens (tertiary/aromatic N) is 3. The summed E-state index contributed by atoms with van der Waals surface area (Å²) in [6.07, 6.45) is 4.56. The van der Waals surface area contributed by atoms with E-state index in [9.17, 15) is 8.42 Å². The molecule has 6 nitrogen and oxygen atoms in total. The van der Waals surface area contributed by atoms with Crippen LogP contribution in [0.1, 0.15) is 16.8 Å². The van der Waals surface area contributed by atoms with E-state index < -0.39 is 9.84 Å². The lowest BCUT2D eigenvalue weighted by molar-refractivity contribution is 0.602. The SMILES string of the molecule is CS(=O)(=O)c1cccc(Nc2cc3c(C#Cc4ccc(C#N)cc4)nccc3cn2)c1. The molecule has 150 valence electrons. The van der Waals surface area contributed by atoms with E-state index in [0.717, 1.165) is 16.3 Å². The zero-order valence-electron chi connectivity index (χ0n) is 16.5. The Morgan fingerprint density at radius 2 is 1.71 bits per heavy atom. The van der Waals surface area contributed by atoms with Crippen LogP contribution in [-0.2, 0) is 9.84 Å². The van der Waals surface area contributed by atoms with E-state index in [-0.39, 0.29) is 4.90 Å². The van der Waals surface area contributed by atoms with Gasteiger partial charge in [-0.05, 0) is 60.5 Å². The molecule has 7 heteroatoms. The van der Waals surface area contributed by atoms with Gasteiger partial charge >= 0.3 is 0 Å². The maximum Gasteiger partial charge on any atom is 0.175 e. The van der Waals surface area contributed by atoms with Crippen LogP contribution in [-0.4, -0.2) is 24.6 Å². The normalized spacial score (nSPS) is 10.7. The van der Waals surface area contributed by atoms with Crippen molar-refractivity contribution < 1.29 is 8.42 Å². The van der Waals surface area contributed by atoms with E-state index >= 15 is 0 Å². The van der Waals surface area contributed by atoms with Crippen molar-refractivity contribution in [3.05, 3.63) is 89.9 Å². The molecule has 4 rings (SSSR count). The lowest BCUT2D eigenvalue weighted by atomic mass is 10.1. The summed E-state index contributed by atoms with van der Waals surface area (Å²) in [5.74, 6) is 6.70. The summed E-state index contributed by atoms with van der Waals surface area (Å²) in [5, 5.41) is 13.7. The molecule has 0 aliphatic rings. The fourth-order valence-corrected chi connectivity index (χ4v) is 3.61. The summed E-state index contributed by atoms with van der Waals surface area (Å²) in [6, 6.07) is 19.4. The van der Waals surface area contributed by atoms with E-state index in [1.807, 2.05) is 12.1 Å². The first kappa shape index (κ1) is 20.1. The van der Waals surface area contributed by atoms with Crippen molar-refractivity contribution in [3.63, 3.8) is 0 Å². The molecule has 0 saturated carbocycles. The predicted octanol–water partition coefficient (Wildman–Crippen LogP) is 4.05. The quantitative estimate of drug-likeness (QED) is 0.499. The summed E-state index contributed by atoms with van der Waals surface area (Å²) in [4.78, 5) is 9.03. The van der Waals surface area contributed by atoms with Gasteiger partial charge in [0.05, 0.1) is 16.5 Å². The Morgan fingerprint density at radius 3 is 2.45 bits per heavy atom. The van der Waals surface area contributed by atoms with Crippen molar-refractivity contribution in [1.29, 1.82) is 5.26 Å². The van der Waals surface area contributed by atoms with Gasteiger partial charge < -0.3 is 5.32 Å². The third-order valence-electron chi connectivity index (χ3n) is 4.52. The Hall–Kier alpha value is -4.20. The molecule has 0 atom stereocenters. The van der Waals surface area contributed by atoms with Crippen LogP contribution in [0.4, 0.5) is 11.5 Å². The Morgan fingerprint density at radius 1 is 0.935 bits per heavy atom. The second kappa shape index (κ2) is 8.27. The minimum Gasteiger partial charge on any atom is -0.340 e. The van der Waals surface area contributed by atoms with Crippen LogP contribution in [0.5, 0.6) is 0 Å². The number of sulfone groups is 1. The maximum absolute atomic E-state index is 11.8. The molecule has 2 heterocycles. The van der Waals surface area contributed by atoms with Gasteiger partial charge in [-0.25, -0.2) is 18.4 Å². The van der Waals surface area contributed by atoms with Gasteiger partial charge in [-0.3, -0.25) is 0 Å². The maximum atomic E-state index is 11.8. The summed E-state index contributed by atoms with van der Waals surface area (Å²) in [6.45, 7) is 0. The van der Waals surface area contributed by atoms with Crippen molar-refractivity contribution in [2.24, 2.45) is 0 Å². The summed E-state index contributed by atoms with van der Waals surface area (Å²) in [7, 11) is -3.30. The van der Waals surface area contributed by atoms with E-state index in [0.29, 0.717) is 22.8 Å². The predicted molar refractivity (Wildman–Crippen MR) is 120 cm³/mol. The van der Waals surface area contributed by atoms with Crippen LogP contribution in [0.15, 0.2) is 78.0 Å². The number of nitrogens with one attached hydrogen (secondary N) is 1. The first-order chi connectivity index (χ1) is 14.9. The lowest BCUT2D eigenvalue weighted by Gasteiger charge is -2.08. The largest absolute Gasteiger partial charge is 0.340 e. The van der Waals surface area contributed by atoms with Gasteiger partial charge in [-0.1, -0.05) is 12.0 Å². The van der Waals surface area contributed by atoms with Gasteiger partial charge in [0.1, 0.15) is 11.5 Å². The number of rotatable bonds is 3. The Kier molecular flexibility index (Phi) is 5.36. The highest BCUT2D eigenvalue weighted by atomic mass is 32.2. The number of anilines is 2. The standard InChI is InChI=1S/C24H16N4O2S/c1-31(29,30)21-4-2-3-20(13-21)28-24-14-22-19(16-27-24)11-12-26-23(22)10-9-17-5-7-18(15-25)8-6-17/h2-8,11-14,16H,1H3,(H,27,28). The van der Waals surface area contributed by atoms with Gasteiger partial charge in [0.2, 0.25) is 0 Å². The minimum absolute atomic E-state index is 0.230. The van der Waals surface area contributed by atoms with Gasteiger partial charge in [0.25, 0.3) is 0 Å². The van der Waals surface area contributed by atoms with Crippen molar-refractivity contribution >= 4 is 32.1 Å². The number of pyridine rings is 2. The summed E-state index contributed by atoms with van der Waals surface area (Å²) < 4.78 is 23.6. The number of nitriles is 1. The van der Waals surface area contributed by atoms with Crippen molar-refractivity contribution in [2.45, 2.75) is 4.90 Å². The second-order valence-electron chi connectivity index (χ2n) is 6.81. The minimum atomic E-state index is -3.30.